The number of fused-ring (bicyclic) bond motifs is 1. The smallest absolute Gasteiger partial charge is 0.416 e. The fraction of sp³-hybridized carbons (Fsp3) is 0.333. The Labute approximate surface area is 165 Å². The number of aromatic nitrogens is 2. The van der Waals surface area contributed by atoms with Crippen molar-refractivity contribution < 1.29 is 27.4 Å². The van der Waals surface area contributed by atoms with Crippen LogP contribution < -0.4 is 4.74 Å². The molecule has 8 heteroatoms. The summed E-state index contributed by atoms with van der Waals surface area (Å²) in [5.74, 6) is 0.395. The molecule has 1 fully saturated rings. The second-order valence-electron chi connectivity index (χ2n) is 6.93. The standard InChI is InChI=1S/C21H19F3N2O3/c1-27-20(8-10-28-12-20)13-29-19-16-3-2-9-25-18(16)17(11-26-19)14-4-6-15(7-5-14)21(22,23)24/h2-7,9,11H,8,10,12-13H2,1H3. The molecule has 0 radical (unpaired) electrons. The molecule has 4 rings (SSSR count). The van der Waals surface area contributed by atoms with Crippen LogP contribution in [0, 0.1) is 0 Å². The van der Waals surface area contributed by atoms with E-state index in [1.807, 2.05) is 6.07 Å². The third kappa shape index (κ3) is 3.90. The monoisotopic (exact) mass is 404 g/mol. The molecule has 0 saturated carbocycles. The second kappa shape index (κ2) is 7.61. The predicted molar refractivity (Wildman–Crippen MR) is 101 cm³/mol. The lowest BCUT2D eigenvalue weighted by atomic mass is 10.0. The Hall–Kier alpha value is -2.71. The summed E-state index contributed by atoms with van der Waals surface area (Å²) in [5.41, 5.74) is 0.620. The molecular weight excluding hydrogens is 385 g/mol. The van der Waals surface area contributed by atoms with Gasteiger partial charge in [-0.25, -0.2) is 4.98 Å². The van der Waals surface area contributed by atoms with Crippen molar-refractivity contribution in [3.8, 4) is 17.0 Å². The normalized spacial score (nSPS) is 19.6. The first-order valence-corrected chi connectivity index (χ1v) is 9.09. The molecule has 1 aromatic carbocycles. The van der Waals surface area contributed by atoms with Crippen molar-refractivity contribution in [2.24, 2.45) is 0 Å². The van der Waals surface area contributed by atoms with Gasteiger partial charge in [-0.2, -0.15) is 13.2 Å². The van der Waals surface area contributed by atoms with Crippen LogP contribution in [0.15, 0.2) is 48.8 Å². The maximum atomic E-state index is 12.8. The van der Waals surface area contributed by atoms with E-state index in [2.05, 4.69) is 9.97 Å². The lowest BCUT2D eigenvalue weighted by Gasteiger charge is -2.25. The maximum absolute atomic E-state index is 12.8. The lowest BCUT2D eigenvalue weighted by molar-refractivity contribution is -0.137. The van der Waals surface area contributed by atoms with E-state index in [0.29, 0.717) is 41.1 Å². The third-order valence-corrected chi connectivity index (χ3v) is 5.10. The van der Waals surface area contributed by atoms with Crippen LogP contribution in [0.5, 0.6) is 5.88 Å². The highest BCUT2D eigenvalue weighted by molar-refractivity contribution is 5.95. The van der Waals surface area contributed by atoms with Crippen molar-refractivity contribution in [1.29, 1.82) is 0 Å². The lowest BCUT2D eigenvalue weighted by Crippen LogP contribution is -2.38. The SMILES string of the molecule is COC1(COc2ncc(-c3ccc(C(F)(F)F)cc3)c3ncccc23)CCOC1. The maximum Gasteiger partial charge on any atom is 0.416 e. The van der Waals surface area contributed by atoms with Crippen LogP contribution in [0.4, 0.5) is 13.2 Å². The van der Waals surface area contributed by atoms with Gasteiger partial charge in [0.1, 0.15) is 12.2 Å². The molecule has 1 unspecified atom stereocenters. The van der Waals surface area contributed by atoms with Gasteiger partial charge >= 0.3 is 6.18 Å². The summed E-state index contributed by atoms with van der Waals surface area (Å²) in [4.78, 5) is 8.81. The highest BCUT2D eigenvalue weighted by atomic mass is 19.4. The molecule has 3 aromatic rings. The average molecular weight is 404 g/mol. The van der Waals surface area contributed by atoms with Gasteiger partial charge in [-0.1, -0.05) is 12.1 Å². The molecule has 1 saturated heterocycles. The summed E-state index contributed by atoms with van der Waals surface area (Å²) in [7, 11) is 1.62. The number of rotatable bonds is 5. The Morgan fingerprint density at radius 2 is 1.93 bits per heavy atom. The molecule has 1 aliphatic rings. The van der Waals surface area contributed by atoms with E-state index in [4.69, 9.17) is 14.2 Å². The molecule has 0 aliphatic carbocycles. The van der Waals surface area contributed by atoms with Crippen molar-refractivity contribution in [3.05, 3.63) is 54.4 Å². The van der Waals surface area contributed by atoms with Gasteiger partial charge in [-0.15, -0.1) is 0 Å². The van der Waals surface area contributed by atoms with E-state index < -0.39 is 17.3 Å². The number of halogens is 3. The van der Waals surface area contributed by atoms with E-state index in [1.54, 1.807) is 25.6 Å². The predicted octanol–water partition coefficient (Wildman–Crippen LogP) is 4.50. The van der Waals surface area contributed by atoms with Gasteiger partial charge in [0.05, 0.1) is 23.1 Å². The Bertz CT molecular complexity index is 1000. The molecule has 29 heavy (non-hydrogen) atoms. The summed E-state index contributed by atoms with van der Waals surface area (Å²) in [6.07, 6.45) is -0.460. The number of pyridine rings is 2. The first kappa shape index (κ1) is 19.6. The molecule has 5 nitrogen and oxygen atoms in total. The second-order valence-corrected chi connectivity index (χ2v) is 6.93. The minimum Gasteiger partial charge on any atom is -0.474 e. The summed E-state index contributed by atoms with van der Waals surface area (Å²) in [5, 5.41) is 0.676. The van der Waals surface area contributed by atoms with Crippen LogP contribution in [0.1, 0.15) is 12.0 Å². The average Bonchev–Trinajstić information content (AvgIpc) is 3.21. The minimum atomic E-state index is -4.38. The van der Waals surface area contributed by atoms with E-state index in [-0.39, 0.29) is 6.61 Å². The van der Waals surface area contributed by atoms with Crippen LogP contribution in [-0.4, -0.2) is 42.5 Å². The molecule has 1 aliphatic heterocycles. The highest BCUT2D eigenvalue weighted by Gasteiger charge is 2.36. The number of benzene rings is 1. The van der Waals surface area contributed by atoms with Gasteiger partial charge in [0.2, 0.25) is 5.88 Å². The fourth-order valence-electron chi connectivity index (χ4n) is 3.33. The van der Waals surface area contributed by atoms with Crippen LogP contribution in [-0.2, 0) is 15.7 Å². The van der Waals surface area contributed by atoms with Gasteiger partial charge in [0.15, 0.2) is 0 Å². The molecule has 0 bridgehead atoms. The van der Waals surface area contributed by atoms with Gasteiger partial charge in [0, 0.05) is 38.1 Å². The van der Waals surface area contributed by atoms with Crippen LogP contribution in [0.2, 0.25) is 0 Å². The largest absolute Gasteiger partial charge is 0.474 e. The molecule has 2 aromatic heterocycles. The van der Waals surface area contributed by atoms with Gasteiger partial charge in [-0.3, -0.25) is 4.98 Å². The summed E-state index contributed by atoms with van der Waals surface area (Å²) < 4.78 is 55.5. The molecule has 0 amide bonds. The third-order valence-electron chi connectivity index (χ3n) is 5.10. The summed E-state index contributed by atoms with van der Waals surface area (Å²) in [6, 6.07) is 8.53. The van der Waals surface area contributed by atoms with Crippen LogP contribution in [0.3, 0.4) is 0 Å². The Morgan fingerprint density at radius 3 is 2.59 bits per heavy atom. The van der Waals surface area contributed by atoms with Crippen LogP contribution >= 0.6 is 0 Å². The van der Waals surface area contributed by atoms with Gasteiger partial charge < -0.3 is 14.2 Å². The number of alkyl halides is 3. The molecular formula is C21H19F3N2O3. The highest BCUT2D eigenvalue weighted by Crippen LogP contribution is 2.35. The zero-order valence-corrected chi connectivity index (χ0v) is 15.7. The first-order valence-electron chi connectivity index (χ1n) is 9.09. The Kier molecular flexibility index (Phi) is 5.14. The molecule has 0 spiro atoms. The quantitative estimate of drug-likeness (QED) is 0.627. The minimum absolute atomic E-state index is 0.278. The van der Waals surface area contributed by atoms with Crippen molar-refractivity contribution in [2.45, 2.75) is 18.2 Å². The first-order chi connectivity index (χ1) is 13.9. The van der Waals surface area contributed by atoms with Crippen molar-refractivity contribution in [2.75, 3.05) is 26.9 Å². The number of hydrogen-bond donors (Lipinski definition) is 0. The van der Waals surface area contributed by atoms with Crippen molar-refractivity contribution >= 4 is 10.9 Å². The molecule has 0 N–H and O–H groups in total. The van der Waals surface area contributed by atoms with E-state index in [1.165, 1.54) is 12.1 Å². The Morgan fingerprint density at radius 1 is 1.14 bits per heavy atom. The number of ether oxygens (including phenoxy) is 3. The van der Waals surface area contributed by atoms with E-state index in [0.717, 1.165) is 18.6 Å². The van der Waals surface area contributed by atoms with E-state index >= 15 is 0 Å². The summed E-state index contributed by atoms with van der Waals surface area (Å²) >= 11 is 0. The molecule has 3 heterocycles. The van der Waals surface area contributed by atoms with Gasteiger partial charge in [-0.05, 0) is 29.8 Å². The topological polar surface area (TPSA) is 53.5 Å². The van der Waals surface area contributed by atoms with Gasteiger partial charge in [0.25, 0.3) is 0 Å². The number of hydrogen-bond acceptors (Lipinski definition) is 5. The van der Waals surface area contributed by atoms with Crippen molar-refractivity contribution in [3.63, 3.8) is 0 Å². The molecule has 152 valence electrons. The van der Waals surface area contributed by atoms with E-state index in [9.17, 15) is 13.2 Å². The Balaban J connectivity index is 1.67. The van der Waals surface area contributed by atoms with Crippen molar-refractivity contribution in [1.82, 2.24) is 9.97 Å². The van der Waals surface area contributed by atoms with Crippen LogP contribution in [0.25, 0.3) is 22.0 Å². The molecule has 1 atom stereocenters. The zero-order chi connectivity index (χ0) is 20.5. The number of methoxy groups -OCH3 is 1. The summed E-state index contributed by atoms with van der Waals surface area (Å²) in [6.45, 7) is 1.34. The fourth-order valence-corrected chi connectivity index (χ4v) is 3.33. The number of nitrogens with zero attached hydrogens (tertiary/aromatic N) is 2. The zero-order valence-electron chi connectivity index (χ0n) is 15.7.